The maximum Gasteiger partial charge on any atom is 0.141 e. The van der Waals surface area contributed by atoms with Gasteiger partial charge in [0.25, 0.3) is 0 Å². The first-order valence-corrected chi connectivity index (χ1v) is 9.93. The number of imidazole rings is 1. The van der Waals surface area contributed by atoms with Gasteiger partial charge in [-0.1, -0.05) is 66.7 Å². The van der Waals surface area contributed by atoms with Crippen LogP contribution in [0.2, 0.25) is 0 Å². The van der Waals surface area contributed by atoms with E-state index in [1.165, 1.54) is 4.70 Å². The van der Waals surface area contributed by atoms with Gasteiger partial charge in [-0.25, -0.2) is 9.97 Å². The highest BCUT2D eigenvalue weighted by Crippen LogP contribution is 2.31. The molecule has 5 aromatic rings. The zero-order valence-corrected chi connectivity index (χ0v) is 15.9. The van der Waals surface area contributed by atoms with Crippen molar-refractivity contribution in [1.29, 1.82) is 0 Å². The van der Waals surface area contributed by atoms with Crippen LogP contribution < -0.4 is 0 Å². The Morgan fingerprint density at radius 1 is 0.786 bits per heavy atom. The van der Waals surface area contributed by atoms with Crippen LogP contribution in [0.5, 0.6) is 0 Å². The normalized spacial score (nSPS) is 12.4. The number of nitrogens with one attached hydrogen (secondary N) is 1. The average Bonchev–Trinajstić information content (AvgIpc) is 3.36. The van der Waals surface area contributed by atoms with Crippen molar-refractivity contribution in [3.05, 3.63) is 107 Å². The van der Waals surface area contributed by atoms with Gasteiger partial charge in [-0.05, 0) is 35.9 Å². The molecule has 134 valence electrons. The van der Waals surface area contributed by atoms with Crippen LogP contribution in [-0.4, -0.2) is 15.0 Å². The molecule has 2 aromatic heterocycles. The first-order chi connectivity index (χ1) is 13.9. The van der Waals surface area contributed by atoms with E-state index in [0.29, 0.717) is 0 Å². The summed E-state index contributed by atoms with van der Waals surface area (Å²) in [5.41, 5.74) is 5.14. The number of rotatable bonds is 4. The SMILES string of the molecule is C(=C\c1ccccc1)/C=C(\c1nc2ccccc2[nH]1)c1nc2ccccc2s1. The van der Waals surface area contributed by atoms with Crippen molar-refractivity contribution in [3.63, 3.8) is 0 Å². The molecule has 0 atom stereocenters. The van der Waals surface area contributed by atoms with Gasteiger partial charge < -0.3 is 4.98 Å². The predicted octanol–water partition coefficient (Wildman–Crippen LogP) is 6.32. The molecule has 0 spiro atoms. The van der Waals surface area contributed by atoms with Crippen LogP contribution in [0.15, 0.2) is 91.0 Å². The number of hydrogen-bond donors (Lipinski definition) is 1. The summed E-state index contributed by atoms with van der Waals surface area (Å²) in [6, 6.07) is 26.6. The summed E-state index contributed by atoms with van der Waals surface area (Å²) in [5, 5.41) is 0.956. The topological polar surface area (TPSA) is 41.6 Å². The zero-order valence-electron chi connectivity index (χ0n) is 15.0. The molecule has 0 saturated carbocycles. The zero-order chi connectivity index (χ0) is 18.8. The summed E-state index contributed by atoms with van der Waals surface area (Å²) in [6.45, 7) is 0. The molecule has 0 amide bonds. The minimum atomic E-state index is 0.831. The van der Waals surface area contributed by atoms with Gasteiger partial charge >= 0.3 is 0 Å². The molecule has 0 radical (unpaired) electrons. The highest BCUT2D eigenvalue weighted by Gasteiger charge is 2.14. The number of hydrogen-bond acceptors (Lipinski definition) is 3. The van der Waals surface area contributed by atoms with Crippen molar-refractivity contribution in [2.45, 2.75) is 0 Å². The first kappa shape index (κ1) is 16.7. The number of thiazole rings is 1. The number of aromatic amines is 1. The largest absolute Gasteiger partial charge is 0.338 e. The van der Waals surface area contributed by atoms with Crippen LogP contribution in [0.3, 0.4) is 0 Å². The van der Waals surface area contributed by atoms with Crippen molar-refractivity contribution >= 4 is 44.2 Å². The number of aromatic nitrogens is 3. The second kappa shape index (κ2) is 7.25. The molecule has 4 heteroatoms. The maximum absolute atomic E-state index is 4.84. The molecule has 0 saturated heterocycles. The van der Waals surface area contributed by atoms with Crippen LogP contribution in [0.4, 0.5) is 0 Å². The molecule has 0 bridgehead atoms. The number of nitrogens with zero attached hydrogens (tertiary/aromatic N) is 2. The molecular formula is C24H17N3S. The Hall–Kier alpha value is -3.50. The minimum absolute atomic E-state index is 0.831. The molecule has 0 unspecified atom stereocenters. The molecule has 1 N–H and O–H groups in total. The molecule has 0 aliphatic heterocycles. The monoisotopic (exact) mass is 379 g/mol. The van der Waals surface area contributed by atoms with E-state index >= 15 is 0 Å². The van der Waals surface area contributed by atoms with Gasteiger partial charge in [0.15, 0.2) is 0 Å². The van der Waals surface area contributed by atoms with E-state index in [0.717, 1.165) is 38.5 Å². The van der Waals surface area contributed by atoms with Crippen LogP contribution in [-0.2, 0) is 0 Å². The standard InChI is InChI=1S/C24H17N3S/c1-2-9-17(10-3-1)11-8-12-18(23-25-19-13-4-5-14-20(19)26-23)24-27-21-15-6-7-16-22(21)28-24/h1-16H,(H,25,26)/b11-8+,18-12+. The highest BCUT2D eigenvalue weighted by molar-refractivity contribution is 7.19. The summed E-state index contributed by atoms with van der Waals surface area (Å²) in [6.07, 6.45) is 6.24. The van der Waals surface area contributed by atoms with Crippen molar-refractivity contribution in [1.82, 2.24) is 15.0 Å². The highest BCUT2D eigenvalue weighted by atomic mass is 32.1. The number of fused-ring (bicyclic) bond motifs is 2. The van der Waals surface area contributed by atoms with Crippen molar-refractivity contribution < 1.29 is 0 Å². The Labute approximate surface area is 166 Å². The van der Waals surface area contributed by atoms with Gasteiger partial charge in [-0.15, -0.1) is 11.3 Å². The third kappa shape index (κ3) is 3.26. The van der Waals surface area contributed by atoms with Crippen LogP contribution in [0.1, 0.15) is 16.4 Å². The summed E-state index contributed by atoms with van der Waals surface area (Å²) >= 11 is 1.68. The second-order valence-electron chi connectivity index (χ2n) is 6.44. The number of allylic oxidation sites excluding steroid dienone is 2. The van der Waals surface area contributed by atoms with Crippen molar-refractivity contribution in [2.24, 2.45) is 0 Å². The maximum atomic E-state index is 4.84. The first-order valence-electron chi connectivity index (χ1n) is 9.11. The van der Waals surface area contributed by atoms with E-state index < -0.39 is 0 Å². The fourth-order valence-electron chi connectivity index (χ4n) is 3.14. The summed E-state index contributed by atoms with van der Waals surface area (Å²) in [4.78, 5) is 13.1. The Morgan fingerprint density at radius 2 is 1.54 bits per heavy atom. The van der Waals surface area contributed by atoms with E-state index in [1.807, 2.05) is 60.7 Å². The molecule has 3 aromatic carbocycles. The number of benzene rings is 3. The lowest BCUT2D eigenvalue weighted by Crippen LogP contribution is -1.89. The second-order valence-corrected chi connectivity index (χ2v) is 7.47. The molecule has 5 rings (SSSR count). The molecule has 2 heterocycles. The lowest BCUT2D eigenvalue weighted by atomic mass is 10.2. The van der Waals surface area contributed by atoms with E-state index in [9.17, 15) is 0 Å². The summed E-state index contributed by atoms with van der Waals surface area (Å²) < 4.78 is 1.17. The predicted molar refractivity (Wildman–Crippen MR) is 118 cm³/mol. The fourth-order valence-corrected chi connectivity index (χ4v) is 4.13. The minimum Gasteiger partial charge on any atom is -0.338 e. The van der Waals surface area contributed by atoms with Gasteiger partial charge in [0.2, 0.25) is 0 Å². The van der Waals surface area contributed by atoms with Crippen LogP contribution >= 0.6 is 11.3 Å². The Morgan fingerprint density at radius 3 is 2.36 bits per heavy atom. The number of para-hydroxylation sites is 3. The van der Waals surface area contributed by atoms with E-state index in [-0.39, 0.29) is 0 Å². The quantitative estimate of drug-likeness (QED) is 0.371. The molecular weight excluding hydrogens is 362 g/mol. The Balaban J connectivity index is 1.62. The Kier molecular flexibility index (Phi) is 4.31. The lowest BCUT2D eigenvalue weighted by molar-refractivity contribution is 1.25. The summed E-state index contributed by atoms with van der Waals surface area (Å²) in [7, 11) is 0. The van der Waals surface area contributed by atoms with Crippen molar-refractivity contribution in [3.8, 4) is 0 Å². The molecule has 28 heavy (non-hydrogen) atoms. The van der Waals surface area contributed by atoms with Gasteiger partial charge in [0.1, 0.15) is 10.8 Å². The van der Waals surface area contributed by atoms with Gasteiger partial charge in [-0.2, -0.15) is 0 Å². The number of H-pyrrole nitrogens is 1. The third-order valence-corrected chi connectivity index (χ3v) is 5.59. The fraction of sp³-hybridized carbons (Fsp3) is 0. The van der Waals surface area contributed by atoms with Crippen LogP contribution in [0, 0.1) is 0 Å². The van der Waals surface area contributed by atoms with E-state index in [4.69, 9.17) is 9.97 Å². The van der Waals surface area contributed by atoms with Gasteiger partial charge in [-0.3, -0.25) is 0 Å². The van der Waals surface area contributed by atoms with E-state index in [1.54, 1.807) is 11.3 Å². The lowest BCUT2D eigenvalue weighted by Gasteiger charge is -1.99. The van der Waals surface area contributed by atoms with Gasteiger partial charge in [0.05, 0.1) is 26.8 Å². The van der Waals surface area contributed by atoms with Crippen molar-refractivity contribution in [2.75, 3.05) is 0 Å². The molecule has 0 aliphatic rings. The third-order valence-electron chi connectivity index (χ3n) is 4.52. The molecule has 0 fully saturated rings. The molecule has 0 aliphatic carbocycles. The smallest absolute Gasteiger partial charge is 0.141 e. The Bertz CT molecular complexity index is 1170. The van der Waals surface area contributed by atoms with Crippen LogP contribution in [0.25, 0.3) is 32.9 Å². The molecule has 3 nitrogen and oxygen atoms in total. The summed E-state index contributed by atoms with van der Waals surface area (Å²) in [5.74, 6) is 0.831. The average molecular weight is 379 g/mol. The van der Waals surface area contributed by atoms with E-state index in [2.05, 4.69) is 41.4 Å². The van der Waals surface area contributed by atoms with Gasteiger partial charge in [0, 0.05) is 0 Å².